The molecule has 0 radical (unpaired) electrons. The van der Waals surface area contributed by atoms with Crippen LogP contribution in [-0.2, 0) is 0 Å². The lowest BCUT2D eigenvalue weighted by atomic mass is 10.2. The molecule has 2 heterocycles. The van der Waals surface area contributed by atoms with Crippen molar-refractivity contribution >= 4 is 45.5 Å². The molecule has 0 atom stereocenters. The van der Waals surface area contributed by atoms with Crippen molar-refractivity contribution in [2.45, 2.75) is 6.92 Å². The number of thiazole rings is 1. The standard InChI is InChI=1S/C15H11Cl2N3S/c1-9-4-5-18-14(6-9)20-15-19-13(8-21-15)10-2-3-11(16)12(17)7-10/h2-8H,1H3,(H,18,19,20). The number of halogens is 2. The molecule has 0 spiro atoms. The molecule has 0 unspecified atom stereocenters. The van der Waals surface area contributed by atoms with Gasteiger partial charge in [-0.15, -0.1) is 11.3 Å². The number of hydrogen-bond donors (Lipinski definition) is 1. The van der Waals surface area contributed by atoms with Gasteiger partial charge < -0.3 is 5.32 Å². The lowest BCUT2D eigenvalue weighted by Gasteiger charge is -2.02. The van der Waals surface area contributed by atoms with Crippen LogP contribution < -0.4 is 5.32 Å². The third kappa shape index (κ3) is 3.35. The number of benzene rings is 1. The van der Waals surface area contributed by atoms with E-state index in [1.54, 1.807) is 12.3 Å². The van der Waals surface area contributed by atoms with Gasteiger partial charge in [0.05, 0.1) is 15.7 Å². The van der Waals surface area contributed by atoms with E-state index < -0.39 is 0 Å². The van der Waals surface area contributed by atoms with Gasteiger partial charge in [0, 0.05) is 17.1 Å². The molecule has 0 saturated carbocycles. The van der Waals surface area contributed by atoms with Crippen molar-refractivity contribution in [1.82, 2.24) is 9.97 Å². The van der Waals surface area contributed by atoms with Gasteiger partial charge >= 0.3 is 0 Å². The summed E-state index contributed by atoms with van der Waals surface area (Å²) in [6.07, 6.45) is 1.77. The van der Waals surface area contributed by atoms with Crippen molar-refractivity contribution in [1.29, 1.82) is 0 Å². The van der Waals surface area contributed by atoms with E-state index in [1.165, 1.54) is 11.3 Å². The third-order valence-corrected chi connectivity index (χ3v) is 4.37. The Morgan fingerprint density at radius 1 is 1.10 bits per heavy atom. The first-order valence-corrected chi connectivity index (χ1v) is 7.86. The number of aryl methyl sites for hydroxylation is 1. The Bertz CT molecular complexity index is 786. The van der Waals surface area contributed by atoms with E-state index in [9.17, 15) is 0 Å². The van der Waals surface area contributed by atoms with E-state index in [0.29, 0.717) is 10.0 Å². The highest BCUT2D eigenvalue weighted by atomic mass is 35.5. The van der Waals surface area contributed by atoms with E-state index >= 15 is 0 Å². The lowest BCUT2D eigenvalue weighted by Crippen LogP contribution is -1.93. The number of anilines is 2. The SMILES string of the molecule is Cc1ccnc(Nc2nc(-c3ccc(Cl)c(Cl)c3)cs2)c1. The van der Waals surface area contributed by atoms with Crippen LogP contribution in [0.1, 0.15) is 5.56 Å². The summed E-state index contributed by atoms with van der Waals surface area (Å²) in [6, 6.07) is 9.41. The van der Waals surface area contributed by atoms with Crippen molar-refractivity contribution < 1.29 is 0 Å². The van der Waals surface area contributed by atoms with Gasteiger partial charge in [-0.3, -0.25) is 0 Å². The largest absolute Gasteiger partial charge is 0.316 e. The van der Waals surface area contributed by atoms with Gasteiger partial charge in [-0.1, -0.05) is 29.3 Å². The quantitative estimate of drug-likeness (QED) is 0.680. The lowest BCUT2D eigenvalue weighted by molar-refractivity contribution is 1.26. The van der Waals surface area contributed by atoms with Crippen molar-refractivity contribution in [2.24, 2.45) is 0 Å². The Kier molecular flexibility index (Phi) is 4.10. The van der Waals surface area contributed by atoms with Crippen LogP contribution in [0.3, 0.4) is 0 Å². The summed E-state index contributed by atoms with van der Waals surface area (Å²) < 4.78 is 0. The molecule has 21 heavy (non-hydrogen) atoms. The maximum absolute atomic E-state index is 6.04. The molecule has 3 aromatic rings. The first-order chi connectivity index (χ1) is 10.1. The van der Waals surface area contributed by atoms with Crippen LogP contribution in [0.15, 0.2) is 41.9 Å². The Labute approximate surface area is 136 Å². The molecule has 1 aromatic carbocycles. The minimum absolute atomic E-state index is 0.525. The molecule has 106 valence electrons. The molecule has 3 nitrogen and oxygen atoms in total. The van der Waals surface area contributed by atoms with Gasteiger partial charge in [-0.2, -0.15) is 0 Å². The van der Waals surface area contributed by atoms with Crippen LogP contribution in [0.2, 0.25) is 10.0 Å². The van der Waals surface area contributed by atoms with Gasteiger partial charge in [0.25, 0.3) is 0 Å². The third-order valence-electron chi connectivity index (χ3n) is 2.87. The Morgan fingerprint density at radius 3 is 2.71 bits per heavy atom. The van der Waals surface area contributed by atoms with E-state index in [4.69, 9.17) is 23.2 Å². The van der Waals surface area contributed by atoms with Crippen LogP contribution in [0.4, 0.5) is 10.9 Å². The van der Waals surface area contributed by atoms with Gasteiger partial charge in [0.1, 0.15) is 5.82 Å². The number of aromatic nitrogens is 2. The Morgan fingerprint density at radius 2 is 1.95 bits per heavy atom. The first kappa shape index (κ1) is 14.3. The van der Waals surface area contributed by atoms with Crippen molar-refractivity contribution in [3.05, 3.63) is 57.5 Å². The highest BCUT2D eigenvalue weighted by molar-refractivity contribution is 7.14. The summed E-state index contributed by atoms with van der Waals surface area (Å²) in [5, 5.41) is 7.02. The van der Waals surface area contributed by atoms with Crippen molar-refractivity contribution in [3.63, 3.8) is 0 Å². The Hall–Kier alpha value is -1.62. The van der Waals surface area contributed by atoms with Crippen LogP contribution in [0, 0.1) is 6.92 Å². The number of nitrogens with one attached hydrogen (secondary N) is 1. The van der Waals surface area contributed by atoms with Crippen molar-refractivity contribution in [3.8, 4) is 11.3 Å². The highest BCUT2D eigenvalue weighted by Crippen LogP contribution is 2.31. The Balaban J connectivity index is 1.84. The fourth-order valence-electron chi connectivity index (χ4n) is 1.83. The molecular weight excluding hydrogens is 325 g/mol. The molecule has 0 saturated heterocycles. The van der Waals surface area contributed by atoms with Crippen molar-refractivity contribution in [2.75, 3.05) is 5.32 Å². The van der Waals surface area contributed by atoms with Gasteiger partial charge in [0.15, 0.2) is 5.13 Å². The first-order valence-electron chi connectivity index (χ1n) is 6.22. The summed E-state index contributed by atoms with van der Waals surface area (Å²) in [5.41, 5.74) is 2.94. The average molecular weight is 336 g/mol. The zero-order valence-electron chi connectivity index (χ0n) is 11.1. The highest BCUT2D eigenvalue weighted by Gasteiger charge is 2.07. The predicted octanol–water partition coefficient (Wildman–Crippen LogP) is 5.56. The number of hydrogen-bond acceptors (Lipinski definition) is 4. The molecule has 1 N–H and O–H groups in total. The molecule has 3 rings (SSSR count). The summed E-state index contributed by atoms with van der Waals surface area (Å²) >= 11 is 13.5. The maximum Gasteiger partial charge on any atom is 0.188 e. The minimum atomic E-state index is 0.525. The number of nitrogens with zero attached hydrogens (tertiary/aromatic N) is 2. The van der Waals surface area contributed by atoms with E-state index in [2.05, 4.69) is 15.3 Å². The van der Waals surface area contributed by atoms with Gasteiger partial charge in [-0.25, -0.2) is 9.97 Å². The summed E-state index contributed by atoms with van der Waals surface area (Å²) in [7, 11) is 0. The van der Waals surface area contributed by atoms with E-state index in [1.807, 2.05) is 36.6 Å². The fraction of sp³-hybridized carbons (Fsp3) is 0.0667. The normalized spacial score (nSPS) is 10.6. The maximum atomic E-state index is 6.04. The monoisotopic (exact) mass is 335 g/mol. The molecule has 6 heteroatoms. The molecule has 0 amide bonds. The van der Waals surface area contributed by atoms with Gasteiger partial charge in [-0.05, 0) is 36.8 Å². The van der Waals surface area contributed by atoms with Gasteiger partial charge in [0.2, 0.25) is 0 Å². The fourth-order valence-corrected chi connectivity index (χ4v) is 2.86. The molecule has 0 aliphatic carbocycles. The van der Waals surface area contributed by atoms with Crippen LogP contribution in [0.25, 0.3) is 11.3 Å². The van der Waals surface area contributed by atoms with E-state index in [-0.39, 0.29) is 0 Å². The second kappa shape index (κ2) is 6.02. The topological polar surface area (TPSA) is 37.8 Å². The summed E-state index contributed by atoms with van der Waals surface area (Å²) in [6.45, 7) is 2.02. The minimum Gasteiger partial charge on any atom is -0.316 e. The average Bonchev–Trinajstić information content (AvgIpc) is 2.90. The molecule has 0 aliphatic rings. The molecule has 0 bridgehead atoms. The van der Waals surface area contributed by atoms with E-state index in [0.717, 1.165) is 27.8 Å². The zero-order chi connectivity index (χ0) is 14.8. The van der Waals surface area contributed by atoms with Crippen LogP contribution in [0.5, 0.6) is 0 Å². The number of pyridine rings is 1. The second-order valence-corrected chi connectivity index (χ2v) is 6.18. The summed E-state index contributed by atoms with van der Waals surface area (Å²) in [4.78, 5) is 8.80. The number of rotatable bonds is 3. The molecular formula is C15H11Cl2N3S. The zero-order valence-corrected chi connectivity index (χ0v) is 13.4. The molecule has 0 aliphatic heterocycles. The molecule has 2 aromatic heterocycles. The van der Waals surface area contributed by atoms with Crippen LogP contribution >= 0.6 is 34.5 Å². The predicted molar refractivity (Wildman–Crippen MR) is 89.8 cm³/mol. The smallest absolute Gasteiger partial charge is 0.188 e. The molecule has 0 fully saturated rings. The summed E-state index contributed by atoms with van der Waals surface area (Å²) in [5.74, 6) is 0.782. The second-order valence-electron chi connectivity index (χ2n) is 4.51. The van der Waals surface area contributed by atoms with Crippen LogP contribution in [-0.4, -0.2) is 9.97 Å².